The number of carbonyl (C=O) groups excluding carboxylic acids is 2. The molecule has 0 fully saturated rings. The van der Waals surface area contributed by atoms with Crippen LogP contribution in [-0.4, -0.2) is 49.0 Å². The summed E-state index contributed by atoms with van der Waals surface area (Å²) >= 11 is 0. The van der Waals surface area contributed by atoms with Crippen LogP contribution in [0.2, 0.25) is 0 Å². The number of ether oxygens (including phenoxy) is 1. The minimum Gasteiger partial charge on any atom is -0.452 e. The first-order chi connectivity index (χ1) is 13.1. The second-order valence-electron chi connectivity index (χ2n) is 6.87. The molecule has 3 rings (SSSR count). The second kappa shape index (κ2) is 7.27. The molecule has 1 aromatic carbocycles. The van der Waals surface area contributed by atoms with E-state index in [1.54, 1.807) is 32.2 Å². The van der Waals surface area contributed by atoms with Crippen LogP contribution in [0.15, 0.2) is 24.3 Å². The van der Waals surface area contributed by atoms with Crippen molar-refractivity contribution in [3.8, 4) is 0 Å². The lowest BCUT2D eigenvalue weighted by Crippen LogP contribution is -2.34. The molecule has 1 N–H and O–H groups in total. The van der Waals surface area contributed by atoms with Gasteiger partial charge in [0.15, 0.2) is 6.61 Å². The number of esters is 1. The number of carbonyl (C=O) groups is 2. The molecule has 9 nitrogen and oxygen atoms in total. The smallest absolute Gasteiger partial charge is 0.338 e. The van der Waals surface area contributed by atoms with E-state index in [0.29, 0.717) is 17.9 Å². The molecule has 0 saturated carbocycles. The highest BCUT2D eigenvalue weighted by atomic mass is 32.2. The Morgan fingerprint density at radius 3 is 2.64 bits per heavy atom. The van der Waals surface area contributed by atoms with Crippen molar-refractivity contribution in [1.29, 1.82) is 0 Å². The van der Waals surface area contributed by atoms with Crippen molar-refractivity contribution < 1.29 is 22.7 Å². The average molecular weight is 406 g/mol. The second-order valence-corrected chi connectivity index (χ2v) is 8.73. The molecule has 1 aromatic heterocycles. The first-order valence-corrected chi connectivity index (χ1v) is 10.5. The number of hydrogen-bond donors (Lipinski definition) is 1. The van der Waals surface area contributed by atoms with Crippen LogP contribution in [-0.2, 0) is 33.0 Å². The Kier molecular flexibility index (Phi) is 5.16. The van der Waals surface area contributed by atoms with Crippen LogP contribution in [0.5, 0.6) is 0 Å². The monoisotopic (exact) mass is 406 g/mol. The van der Waals surface area contributed by atoms with Gasteiger partial charge in [0.25, 0.3) is 5.91 Å². The average Bonchev–Trinajstić information content (AvgIpc) is 3.09. The first kappa shape index (κ1) is 19.9. The van der Waals surface area contributed by atoms with Gasteiger partial charge in [0.2, 0.25) is 10.0 Å². The van der Waals surface area contributed by atoms with Gasteiger partial charge in [-0.05, 0) is 44.0 Å². The fourth-order valence-electron chi connectivity index (χ4n) is 3.36. The van der Waals surface area contributed by atoms with Crippen LogP contribution in [0.3, 0.4) is 0 Å². The summed E-state index contributed by atoms with van der Waals surface area (Å²) in [6.07, 6.45) is 1.66. The molecule has 10 heteroatoms. The number of nitrogens with zero attached hydrogens (tertiary/aromatic N) is 3. The number of sulfonamides is 1. The molecule has 0 spiro atoms. The van der Waals surface area contributed by atoms with Gasteiger partial charge in [-0.1, -0.05) is 0 Å². The van der Waals surface area contributed by atoms with E-state index in [2.05, 4.69) is 10.4 Å². The van der Waals surface area contributed by atoms with Gasteiger partial charge < -0.3 is 10.1 Å². The Morgan fingerprint density at radius 2 is 2.04 bits per heavy atom. The highest BCUT2D eigenvalue weighted by Gasteiger charge is 2.32. The number of fused-ring (bicyclic) bond motifs is 1. The van der Waals surface area contributed by atoms with Crippen LogP contribution in [0.1, 0.15) is 28.5 Å². The summed E-state index contributed by atoms with van der Waals surface area (Å²) in [6.45, 7) is 3.17. The molecule has 1 aliphatic heterocycles. The topological polar surface area (TPSA) is 111 Å². The number of aryl methyl sites for hydroxylation is 2. The van der Waals surface area contributed by atoms with Gasteiger partial charge in [-0.2, -0.15) is 5.10 Å². The lowest BCUT2D eigenvalue weighted by Gasteiger charge is -2.21. The Hall–Kier alpha value is -2.88. The Labute approximate surface area is 163 Å². The van der Waals surface area contributed by atoms with Crippen molar-refractivity contribution in [2.75, 3.05) is 22.5 Å². The Morgan fingerprint density at radius 1 is 1.32 bits per heavy atom. The number of nitrogens with one attached hydrogen (secondary N) is 1. The lowest BCUT2D eigenvalue weighted by atomic mass is 10.1. The van der Waals surface area contributed by atoms with Crippen molar-refractivity contribution in [2.24, 2.45) is 7.05 Å². The minimum atomic E-state index is -3.39. The summed E-state index contributed by atoms with van der Waals surface area (Å²) in [4.78, 5) is 24.3. The SMILES string of the molecule is Cc1cc(NC(=O)COC(=O)c2ccc3c(c2)CC(C)N3S(C)(=O)=O)n(C)n1. The first-order valence-electron chi connectivity index (χ1n) is 8.66. The van der Waals surface area contributed by atoms with E-state index in [0.717, 1.165) is 17.5 Å². The summed E-state index contributed by atoms with van der Waals surface area (Å²) in [7, 11) is -1.70. The molecule has 1 amide bonds. The maximum Gasteiger partial charge on any atom is 0.338 e. The summed E-state index contributed by atoms with van der Waals surface area (Å²) in [6, 6.07) is 6.19. The van der Waals surface area contributed by atoms with Gasteiger partial charge in [-0.25, -0.2) is 13.2 Å². The van der Waals surface area contributed by atoms with Crippen LogP contribution < -0.4 is 9.62 Å². The predicted molar refractivity (Wildman–Crippen MR) is 104 cm³/mol. The number of aromatic nitrogens is 2. The van der Waals surface area contributed by atoms with E-state index < -0.39 is 28.5 Å². The molecule has 0 saturated heterocycles. The van der Waals surface area contributed by atoms with Crippen LogP contribution in [0.4, 0.5) is 11.5 Å². The number of anilines is 2. The molecule has 28 heavy (non-hydrogen) atoms. The van der Waals surface area contributed by atoms with Crippen molar-refractivity contribution in [3.63, 3.8) is 0 Å². The van der Waals surface area contributed by atoms with Crippen molar-refractivity contribution in [2.45, 2.75) is 26.3 Å². The van der Waals surface area contributed by atoms with Gasteiger partial charge in [0.1, 0.15) is 5.82 Å². The van der Waals surface area contributed by atoms with E-state index >= 15 is 0 Å². The third-order valence-electron chi connectivity index (χ3n) is 4.43. The largest absolute Gasteiger partial charge is 0.452 e. The summed E-state index contributed by atoms with van der Waals surface area (Å²) in [5, 5.41) is 6.74. The zero-order valence-electron chi connectivity index (χ0n) is 16.1. The highest BCUT2D eigenvalue weighted by molar-refractivity contribution is 7.92. The zero-order chi connectivity index (χ0) is 20.6. The third-order valence-corrected chi connectivity index (χ3v) is 5.70. The van der Waals surface area contributed by atoms with E-state index in [1.807, 2.05) is 6.92 Å². The van der Waals surface area contributed by atoms with Gasteiger partial charge in [0, 0.05) is 19.2 Å². The molecule has 1 unspecified atom stereocenters. The maximum absolute atomic E-state index is 12.3. The third kappa shape index (κ3) is 4.01. The van der Waals surface area contributed by atoms with Crippen LogP contribution in [0, 0.1) is 6.92 Å². The summed E-state index contributed by atoms with van der Waals surface area (Å²) in [5.74, 6) is -0.620. The molecule has 2 aromatic rings. The molecule has 2 heterocycles. The van der Waals surface area contributed by atoms with Crippen molar-refractivity contribution in [1.82, 2.24) is 9.78 Å². The van der Waals surface area contributed by atoms with E-state index in [9.17, 15) is 18.0 Å². The standard InChI is InChI=1S/C18H22N4O5S/c1-11-7-16(21(3)20-11)19-17(23)10-27-18(24)13-5-6-15-14(9-13)8-12(2)22(15)28(4,25)26/h5-7,9,12H,8,10H2,1-4H3,(H,19,23). The minimum absolute atomic E-state index is 0.218. The number of benzene rings is 1. The zero-order valence-corrected chi connectivity index (χ0v) is 16.9. The van der Waals surface area contributed by atoms with Gasteiger partial charge in [-0.15, -0.1) is 0 Å². The van der Waals surface area contributed by atoms with Gasteiger partial charge in [-0.3, -0.25) is 13.8 Å². The summed E-state index contributed by atoms with van der Waals surface area (Å²) < 4.78 is 31.9. The highest BCUT2D eigenvalue weighted by Crippen LogP contribution is 2.34. The number of amides is 1. The molecular weight excluding hydrogens is 384 g/mol. The van der Waals surface area contributed by atoms with Gasteiger partial charge >= 0.3 is 5.97 Å². The molecule has 0 radical (unpaired) electrons. The van der Waals surface area contributed by atoms with E-state index in [-0.39, 0.29) is 11.6 Å². The quantitative estimate of drug-likeness (QED) is 0.748. The van der Waals surface area contributed by atoms with Gasteiger partial charge in [0.05, 0.1) is 23.2 Å². The lowest BCUT2D eigenvalue weighted by molar-refractivity contribution is -0.119. The molecule has 1 atom stereocenters. The van der Waals surface area contributed by atoms with Crippen LogP contribution in [0.25, 0.3) is 0 Å². The molecule has 0 aliphatic carbocycles. The maximum atomic E-state index is 12.3. The number of hydrogen-bond acceptors (Lipinski definition) is 6. The normalized spacial score (nSPS) is 16.0. The predicted octanol–water partition coefficient (Wildman–Crippen LogP) is 1.23. The Balaban J connectivity index is 1.65. The number of rotatable bonds is 5. The van der Waals surface area contributed by atoms with Crippen molar-refractivity contribution in [3.05, 3.63) is 41.1 Å². The fourth-order valence-corrected chi connectivity index (χ4v) is 4.62. The van der Waals surface area contributed by atoms with Crippen LogP contribution >= 0.6 is 0 Å². The van der Waals surface area contributed by atoms with Crippen molar-refractivity contribution >= 4 is 33.4 Å². The molecule has 150 valence electrons. The van der Waals surface area contributed by atoms with E-state index in [1.165, 1.54) is 15.1 Å². The molecule has 1 aliphatic rings. The van der Waals surface area contributed by atoms with E-state index in [4.69, 9.17) is 4.74 Å². The fraction of sp³-hybridized carbons (Fsp3) is 0.389. The molecular formula is C18H22N4O5S. The summed E-state index contributed by atoms with van der Waals surface area (Å²) in [5.41, 5.74) is 2.34. The Bertz CT molecular complexity index is 1040. The molecule has 0 bridgehead atoms.